The van der Waals surface area contributed by atoms with Gasteiger partial charge < -0.3 is 10.4 Å². The number of carbonyl (C=O) groups excluding carboxylic acids is 1. The molecule has 1 amide bonds. The van der Waals surface area contributed by atoms with Crippen LogP contribution in [0.3, 0.4) is 0 Å². The number of fused-ring (bicyclic) bond motifs is 1. The molecule has 2 N–H and O–H groups in total. The average molecular weight is 398 g/mol. The summed E-state index contributed by atoms with van der Waals surface area (Å²) in [4.78, 5) is 16.9. The van der Waals surface area contributed by atoms with Crippen LogP contribution in [0.1, 0.15) is 6.92 Å². The molecule has 10 heteroatoms. The van der Waals surface area contributed by atoms with Crippen LogP contribution in [0.4, 0.5) is 5.13 Å². The molecule has 0 bridgehead atoms. The Labute approximate surface area is 162 Å². The first-order chi connectivity index (χ1) is 13.1. The number of thiazole rings is 1. The van der Waals surface area contributed by atoms with Gasteiger partial charge in [-0.25, -0.2) is 4.98 Å². The number of hydrogen-bond donors (Lipinski definition) is 2. The van der Waals surface area contributed by atoms with Gasteiger partial charge in [-0.3, -0.25) is 4.79 Å². The molecule has 0 saturated heterocycles. The molecule has 8 nitrogen and oxygen atoms in total. The number of phenolic OH excluding ortho intramolecular Hbond substituents is 1. The summed E-state index contributed by atoms with van der Waals surface area (Å²) < 4.78 is 2.54. The Hall–Kier alpha value is -2.98. The van der Waals surface area contributed by atoms with Crippen molar-refractivity contribution in [2.45, 2.75) is 17.3 Å². The molecule has 0 radical (unpaired) electrons. The van der Waals surface area contributed by atoms with Gasteiger partial charge in [0.15, 0.2) is 5.13 Å². The van der Waals surface area contributed by atoms with Gasteiger partial charge in [-0.2, -0.15) is 4.68 Å². The van der Waals surface area contributed by atoms with Crippen LogP contribution in [0.2, 0.25) is 0 Å². The number of benzene rings is 2. The Morgan fingerprint density at radius 1 is 1.22 bits per heavy atom. The monoisotopic (exact) mass is 398 g/mol. The summed E-state index contributed by atoms with van der Waals surface area (Å²) in [5.41, 5.74) is 1.55. The molecule has 1 unspecified atom stereocenters. The minimum atomic E-state index is -0.432. The van der Waals surface area contributed by atoms with Crippen LogP contribution < -0.4 is 5.32 Å². The SMILES string of the molecule is CC(Sc1nnnn1-c1ccc(O)cc1)C(=O)Nc1nc2ccccc2s1. The zero-order valence-corrected chi connectivity index (χ0v) is 15.7. The molecule has 4 rings (SSSR count). The number of aromatic nitrogens is 5. The molecule has 4 aromatic rings. The van der Waals surface area contributed by atoms with E-state index in [4.69, 9.17) is 0 Å². The molecule has 136 valence electrons. The van der Waals surface area contributed by atoms with E-state index in [0.29, 0.717) is 16.0 Å². The van der Waals surface area contributed by atoms with Crippen LogP contribution in [0.25, 0.3) is 15.9 Å². The maximum atomic E-state index is 12.5. The van der Waals surface area contributed by atoms with E-state index in [2.05, 4.69) is 25.8 Å². The second-order valence-electron chi connectivity index (χ2n) is 5.63. The maximum absolute atomic E-state index is 12.5. The van der Waals surface area contributed by atoms with E-state index >= 15 is 0 Å². The van der Waals surface area contributed by atoms with E-state index in [-0.39, 0.29) is 11.7 Å². The van der Waals surface area contributed by atoms with Gasteiger partial charge in [-0.15, -0.1) is 5.10 Å². The van der Waals surface area contributed by atoms with E-state index in [1.807, 2.05) is 24.3 Å². The standard InChI is InChI=1S/C17H14N6O2S2/c1-10(15(25)19-16-18-13-4-2-3-5-14(13)27-16)26-17-20-21-22-23(17)11-6-8-12(24)9-7-11/h2-10,24H,1H3,(H,18,19,25). The molecule has 0 saturated carbocycles. The van der Waals surface area contributed by atoms with Crippen molar-refractivity contribution in [2.24, 2.45) is 0 Å². The molecule has 27 heavy (non-hydrogen) atoms. The topological polar surface area (TPSA) is 106 Å². The highest BCUT2D eigenvalue weighted by atomic mass is 32.2. The van der Waals surface area contributed by atoms with E-state index < -0.39 is 5.25 Å². The molecule has 2 heterocycles. The first-order valence-electron chi connectivity index (χ1n) is 8.01. The lowest BCUT2D eigenvalue weighted by Crippen LogP contribution is -2.22. The van der Waals surface area contributed by atoms with Crippen molar-refractivity contribution in [3.63, 3.8) is 0 Å². The number of phenols is 1. The van der Waals surface area contributed by atoms with Gasteiger partial charge in [-0.05, 0) is 53.7 Å². The molecule has 0 fully saturated rings. The summed E-state index contributed by atoms with van der Waals surface area (Å²) in [6.07, 6.45) is 0. The zero-order chi connectivity index (χ0) is 18.8. The molecule has 0 spiro atoms. The first-order valence-corrected chi connectivity index (χ1v) is 9.70. The lowest BCUT2D eigenvalue weighted by atomic mass is 10.3. The fourth-order valence-electron chi connectivity index (χ4n) is 2.35. The van der Waals surface area contributed by atoms with Crippen LogP contribution in [0.15, 0.2) is 53.7 Å². The normalized spacial score (nSPS) is 12.2. The summed E-state index contributed by atoms with van der Waals surface area (Å²) >= 11 is 2.67. The van der Waals surface area contributed by atoms with Crippen LogP contribution in [-0.4, -0.2) is 41.5 Å². The number of hydrogen-bond acceptors (Lipinski definition) is 8. The van der Waals surface area contributed by atoms with Crippen LogP contribution in [-0.2, 0) is 4.79 Å². The van der Waals surface area contributed by atoms with E-state index in [1.165, 1.54) is 27.8 Å². The number of amides is 1. The minimum absolute atomic E-state index is 0.157. The third-order valence-electron chi connectivity index (χ3n) is 3.71. The van der Waals surface area contributed by atoms with Crippen LogP contribution >= 0.6 is 23.1 Å². The Balaban J connectivity index is 1.47. The Bertz CT molecular complexity index is 1060. The van der Waals surface area contributed by atoms with Gasteiger partial charge in [0.2, 0.25) is 11.1 Å². The quantitative estimate of drug-likeness (QED) is 0.498. The molecule has 0 aliphatic heterocycles. The van der Waals surface area contributed by atoms with Crippen molar-refractivity contribution in [1.29, 1.82) is 0 Å². The average Bonchev–Trinajstić information content (AvgIpc) is 3.28. The van der Waals surface area contributed by atoms with Crippen molar-refractivity contribution < 1.29 is 9.90 Å². The number of anilines is 1. The van der Waals surface area contributed by atoms with E-state index in [9.17, 15) is 9.90 Å². The van der Waals surface area contributed by atoms with E-state index in [0.717, 1.165) is 10.2 Å². The highest BCUT2D eigenvalue weighted by Gasteiger charge is 2.20. The van der Waals surface area contributed by atoms with Gasteiger partial charge >= 0.3 is 0 Å². The maximum Gasteiger partial charge on any atom is 0.239 e. The molecule has 0 aliphatic rings. The number of carbonyl (C=O) groups is 1. The van der Waals surface area contributed by atoms with Crippen molar-refractivity contribution in [3.05, 3.63) is 48.5 Å². The highest BCUT2D eigenvalue weighted by molar-refractivity contribution is 8.00. The van der Waals surface area contributed by atoms with Crippen molar-refractivity contribution in [2.75, 3.05) is 5.32 Å². The molecule has 2 aromatic carbocycles. The molecule has 2 aromatic heterocycles. The Morgan fingerprint density at radius 2 is 2.00 bits per heavy atom. The third kappa shape index (κ3) is 3.76. The van der Waals surface area contributed by atoms with Crippen LogP contribution in [0, 0.1) is 0 Å². The van der Waals surface area contributed by atoms with Crippen molar-refractivity contribution in [3.8, 4) is 11.4 Å². The summed E-state index contributed by atoms with van der Waals surface area (Å²) in [6, 6.07) is 14.2. The van der Waals surface area contributed by atoms with Crippen molar-refractivity contribution >= 4 is 44.4 Å². The lowest BCUT2D eigenvalue weighted by Gasteiger charge is -2.10. The molecule has 0 aliphatic carbocycles. The van der Waals surface area contributed by atoms with Crippen molar-refractivity contribution in [1.82, 2.24) is 25.2 Å². The summed E-state index contributed by atoms with van der Waals surface area (Å²) in [5.74, 6) is -0.0241. The van der Waals surface area contributed by atoms with Gasteiger partial charge in [0.25, 0.3) is 0 Å². The minimum Gasteiger partial charge on any atom is -0.508 e. The number of aromatic hydroxyl groups is 1. The summed E-state index contributed by atoms with van der Waals surface area (Å²) in [6.45, 7) is 1.78. The first kappa shape index (κ1) is 17.4. The Morgan fingerprint density at radius 3 is 2.78 bits per heavy atom. The number of tetrazole rings is 1. The predicted octanol–water partition coefficient (Wildman–Crippen LogP) is 3.10. The fraction of sp³-hybridized carbons (Fsp3) is 0.118. The second-order valence-corrected chi connectivity index (χ2v) is 7.96. The molecular formula is C17H14N6O2S2. The lowest BCUT2D eigenvalue weighted by molar-refractivity contribution is -0.115. The highest BCUT2D eigenvalue weighted by Crippen LogP contribution is 2.28. The smallest absolute Gasteiger partial charge is 0.239 e. The number of para-hydroxylation sites is 1. The largest absolute Gasteiger partial charge is 0.508 e. The zero-order valence-electron chi connectivity index (χ0n) is 14.1. The van der Waals surface area contributed by atoms with E-state index in [1.54, 1.807) is 31.2 Å². The third-order valence-corrected chi connectivity index (χ3v) is 5.70. The van der Waals surface area contributed by atoms with Crippen LogP contribution in [0.5, 0.6) is 5.75 Å². The summed E-state index contributed by atoms with van der Waals surface area (Å²) in [5, 5.41) is 24.5. The Kier molecular flexibility index (Phi) is 4.73. The number of rotatable bonds is 5. The number of thioether (sulfide) groups is 1. The number of nitrogens with one attached hydrogen (secondary N) is 1. The van der Waals surface area contributed by atoms with Gasteiger partial charge in [0, 0.05) is 0 Å². The summed E-state index contributed by atoms with van der Waals surface area (Å²) in [7, 11) is 0. The fourth-order valence-corrected chi connectivity index (χ4v) is 4.03. The van der Waals surface area contributed by atoms with Gasteiger partial charge in [0.05, 0.1) is 21.2 Å². The number of nitrogens with zero attached hydrogens (tertiary/aromatic N) is 5. The molecule has 1 atom stereocenters. The predicted molar refractivity (Wildman–Crippen MR) is 104 cm³/mol. The van der Waals surface area contributed by atoms with Gasteiger partial charge in [-0.1, -0.05) is 35.2 Å². The molecular weight excluding hydrogens is 384 g/mol. The second kappa shape index (κ2) is 7.33. The van der Waals surface area contributed by atoms with Gasteiger partial charge in [0.1, 0.15) is 5.75 Å².